The number of primary amides is 1. The average Bonchev–Trinajstić information content (AvgIpc) is 2.64. The molecule has 7 nitrogen and oxygen atoms in total. The number of nitrogens with two attached hydrogens (primary N) is 1. The highest BCUT2D eigenvalue weighted by molar-refractivity contribution is 7.89. The molecule has 0 saturated heterocycles. The van der Waals surface area contributed by atoms with E-state index in [1.165, 1.54) is 6.08 Å². The highest BCUT2D eigenvalue weighted by Gasteiger charge is 2.41. The smallest absolute Gasteiger partial charge is 0.241 e. The van der Waals surface area contributed by atoms with Crippen molar-refractivity contribution in [1.29, 1.82) is 0 Å². The lowest BCUT2D eigenvalue weighted by Gasteiger charge is -2.33. The second-order valence-electron chi connectivity index (χ2n) is 7.36. The Balaban J connectivity index is 2.55. The van der Waals surface area contributed by atoms with Crippen molar-refractivity contribution < 1.29 is 23.4 Å². The Kier molecular flexibility index (Phi) is 7.54. The van der Waals surface area contributed by atoms with Crippen LogP contribution in [0.15, 0.2) is 55.1 Å². The number of rotatable bonds is 10. The van der Waals surface area contributed by atoms with Crippen LogP contribution in [0, 0.1) is 5.92 Å². The lowest BCUT2D eigenvalue weighted by Crippen LogP contribution is -2.55. The van der Waals surface area contributed by atoms with Crippen molar-refractivity contribution in [3.63, 3.8) is 0 Å². The molecule has 0 fully saturated rings. The van der Waals surface area contributed by atoms with Gasteiger partial charge in [-0.25, -0.2) is 8.42 Å². The monoisotopic (exact) mass is 420 g/mol. The molecule has 0 aliphatic heterocycles. The summed E-state index contributed by atoms with van der Waals surface area (Å²) in [6, 6.07) is 11.0. The molecule has 4 N–H and O–H groups in total. The second-order valence-corrected chi connectivity index (χ2v) is 9.37. The van der Waals surface area contributed by atoms with Gasteiger partial charge in [0, 0.05) is 6.54 Å². The van der Waals surface area contributed by atoms with Crippen LogP contribution >= 0.6 is 0 Å². The van der Waals surface area contributed by atoms with E-state index in [4.69, 9.17) is 5.73 Å². The summed E-state index contributed by atoms with van der Waals surface area (Å²) in [5, 5.41) is 20.0. The van der Waals surface area contributed by atoms with Gasteiger partial charge in [-0.3, -0.25) is 4.79 Å². The Morgan fingerprint density at radius 2 is 1.79 bits per heavy atom. The molecule has 2 aromatic rings. The minimum absolute atomic E-state index is 0.0802. The van der Waals surface area contributed by atoms with Gasteiger partial charge in [0.25, 0.3) is 0 Å². The van der Waals surface area contributed by atoms with Crippen LogP contribution in [0.4, 0.5) is 0 Å². The summed E-state index contributed by atoms with van der Waals surface area (Å²) in [5.41, 5.74) is 5.77. The topological polar surface area (TPSA) is 121 Å². The summed E-state index contributed by atoms with van der Waals surface area (Å²) >= 11 is 0. The number of nitrogens with zero attached hydrogens (tertiary/aromatic N) is 1. The lowest BCUT2D eigenvalue weighted by atomic mass is 10.1. The Bertz CT molecular complexity index is 972. The van der Waals surface area contributed by atoms with E-state index in [0.29, 0.717) is 12.0 Å². The molecule has 1 amide bonds. The molecule has 2 rings (SSSR count). The highest BCUT2D eigenvalue weighted by Crippen LogP contribution is 2.31. The molecule has 0 aliphatic rings. The number of amides is 1. The Hall–Kier alpha value is -2.26. The molecular weight excluding hydrogens is 392 g/mol. The van der Waals surface area contributed by atoms with Crippen molar-refractivity contribution in [3.8, 4) is 0 Å². The fourth-order valence-electron chi connectivity index (χ4n) is 3.21. The van der Waals surface area contributed by atoms with E-state index >= 15 is 0 Å². The molecule has 0 aromatic heterocycles. The van der Waals surface area contributed by atoms with Crippen LogP contribution in [-0.2, 0) is 14.8 Å². The van der Waals surface area contributed by atoms with Gasteiger partial charge in [0.05, 0.1) is 0 Å². The van der Waals surface area contributed by atoms with Gasteiger partial charge < -0.3 is 15.9 Å². The van der Waals surface area contributed by atoms with Crippen molar-refractivity contribution in [2.45, 2.75) is 37.9 Å². The summed E-state index contributed by atoms with van der Waals surface area (Å²) in [7, 11) is -4.23. The van der Waals surface area contributed by atoms with Crippen LogP contribution in [0.2, 0.25) is 0 Å². The molecule has 158 valence electrons. The van der Waals surface area contributed by atoms with Gasteiger partial charge in [0.1, 0.15) is 5.25 Å². The molecule has 2 atom stereocenters. The molecule has 0 aliphatic carbocycles. The van der Waals surface area contributed by atoms with E-state index in [9.17, 15) is 23.4 Å². The van der Waals surface area contributed by atoms with Crippen LogP contribution < -0.4 is 5.73 Å². The third-order valence-electron chi connectivity index (χ3n) is 4.77. The molecule has 8 heteroatoms. The summed E-state index contributed by atoms with van der Waals surface area (Å²) in [4.78, 5) is 11.9. The zero-order chi connectivity index (χ0) is 21.8. The van der Waals surface area contributed by atoms with Crippen LogP contribution in [0.25, 0.3) is 10.8 Å². The van der Waals surface area contributed by atoms with Crippen molar-refractivity contribution in [3.05, 3.63) is 60.7 Å². The van der Waals surface area contributed by atoms with Gasteiger partial charge in [-0.2, -0.15) is 4.31 Å². The zero-order valence-corrected chi connectivity index (χ0v) is 17.4. The highest BCUT2D eigenvalue weighted by atomic mass is 32.2. The molecule has 2 aromatic carbocycles. The van der Waals surface area contributed by atoms with Gasteiger partial charge in [0.15, 0.2) is 12.3 Å². The summed E-state index contributed by atoms with van der Waals surface area (Å²) in [5.74, 6) is -1.01. The first-order valence-corrected chi connectivity index (χ1v) is 10.9. The van der Waals surface area contributed by atoms with Crippen molar-refractivity contribution >= 4 is 26.7 Å². The third-order valence-corrected chi connectivity index (χ3v) is 6.94. The first-order valence-electron chi connectivity index (χ1n) is 9.37. The minimum atomic E-state index is -4.23. The molecule has 0 heterocycles. The van der Waals surface area contributed by atoms with Gasteiger partial charge in [-0.05, 0) is 34.7 Å². The predicted molar refractivity (Wildman–Crippen MR) is 113 cm³/mol. The maximum atomic E-state index is 13.5. The van der Waals surface area contributed by atoms with Gasteiger partial charge in [-0.15, -0.1) is 6.58 Å². The van der Waals surface area contributed by atoms with E-state index in [1.54, 1.807) is 12.1 Å². The molecule has 0 bridgehead atoms. The van der Waals surface area contributed by atoms with E-state index in [-0.39, 0.29) is 12.5 Å². The number of fused-ring (bicyclic) bond motifs is 1. The normalized spacial score (nSPS) is 14.4. The number of hydrogen-bond donors (Lipinski definition) is 3. The number of sulfonamides is 1. The molecule has 0 saturated carbocycles. The van der Waals surface area contributed by atoms with Crippen LogP contribution in [-0.4, -0.2) is 47.7 Å². The number of carbonyl (C=O) groups is 1. The Morgan fingerprint density at radius 1 is 1.17 bits per heavy atom. The summed E-state index contributed by atoms with van der Waals surface area (Å²) in [6.07, 6.45) is -0.558. The Morgan fingerprint density at radius 3 is 2.31 bits per heavy atom. The molecular formula is C21H28N2O5S. The molecule has 29 heavy (non-hydrogen) atoms. The summed E-state index contributed by atoms with van der Waals surface area (Å²) in [6.45, 7) is 7.38. The SMILES string of the molecule is C=CC(c1ccc2ccccc2c1)S(=O)(=O)N(CCC(C)C)C(C(N)=O)C(O)O. The number of aliphatic hydroxyl groups excluding tert-OH is 1. The van der Waals surface area contributed by atoms with Gasteiger partial charge in [-0.1, -0.05) is 56.3 Å². The standard InChI is InChI=1S/C21H28N2O5S/c1-4-18(17-10-9-15-7-5-6-8-16(15)13-17)29(27,28)23(12-11-14(2)3)19(20(22)24)21(25)26/h4-10,13-14,18-19,21,25-26H,1,11-12H2,2-3H3,(H2,22,24). The van der Waals surface area contributed by atoms with Crippen molar-refractivity contribution in [1.82, 2.24) is 4.31 Å². The number of hydrogen-bond acceptors (Lipinski definition) is 5. The first-order chi connectivity index (χ1) is 13.6. The minimum Gasteiger partial charge on any atom is -0.368 e. The van der Waals surface area contributed by atoms with Crippen molar-refractivity contribution in [2.24, 2.45) is 11.7 Å². The first kappa shape index (κ1) is 23.0. The number of benzene rings is 2. The molecule has 2 unspecified atom stereocenters. The number of carbonyl (C=O) groups excluding carboxylic acids is 1. The quantitative estimate of drug-likeness (QED) is 0.400. The lowest BCUT2D eigenvalue weighted by molar-refractivity contribution is -0.138. The van der Waals surface area contributed by atoms with Gasteiger partial charge >= 0.3 is 0 Å². The average molecular weight is 421 g/mol. The van der Waals surface area contributed by atoms with E-state index in [0.717, 1.165) is 15.1 Å². The van der Waals surface area contributed by atoms with Crippen LogP contribution in [0.5, 0.6) is 0 Å². The van der Waals surface area contributed by atoms with E-state index in [1.807, 2.05) is 44.2 Å². The zero-order valence-electron chi connectivity index (χ0n) is 16.6. The van der Waals surface area contributed by atoms with Crippen molar-refractivity contribution in [2.75, 3.05) is 6.54 Å². The predicted octanol–water partition coefficient (Wildman–Crippen LogP) is 1.91. The molecule has 0 radical (unpaired) electrons. The molecule has 0 spiro atoms. The fraction of sp³-hybridized carbons (Fsp3) is 0.381. The largest absolute Gasteiger partial charge is 0.368 e. The fourth-order valence-corrected chi connectivity index (χ4v) is 5.12. The van der Waals surface area contributed by atoms with Gasteiger partial charge in [0.2, 0.25) is 15.9 Å². The van der Waals surface area contributed by atoms with Crippen LogP contribution in [0.1, 0.15) is 31.1 Å². The maximum Gasteiger partial charge on any atom is 0.241 e. The van der Waals surface area contributed by atoms with E-state index < -0.39 is 33.5 Å². The summed E-state index contributed by atoms with van der Waals surface area (Å²) < 4.78 is 27.8. The number of aliphatic hydroxyl groups is 2. The second kappa shape index (κ2) is 9.49. The van der Waals surface area contributed by atoms with E-state index in [2.05, 4.69) is 6.58 Å². The van der Waals surface area contributed by atoms with Crippen LogP contribution in [0.3, 0.4) is 0 Å². The Labute approximate surface area is 171 Å². The third kappa shape index (κ3) is 5.22. The maximum absolute atomic E-state index is 13.5.